The van der Waals surface area contributed by atoms with E-state index < -0.39 is 14.1 Å². The molecule has 0 bridgehead atoms. The molecule has 1 aromatic carbocycles. The second-order valence-electron chi connectivity index (χ2n) is 6.29. The van der Waals surface area contributed by atoms with Gasteiger partial charge in [-0.05, 0) is 37.2 Å². The molecule has 0 aliphatic heterocycles. The molecule has 0 saturated carbocycles. The summed E-state index contributed by atoms with van der Waals surface area (Å²) in [5, 5.41) is -0.0505. The number of ketones is 1. The van der Waals surface area contributed by atoms with Gasteiger partial charge in [-0.1, -0.05) is 20.8 Å². The van der Waals surface area contributed by atoms with Crippen molar-refractivity contribution in [3.63, 3.8) is 0 Å². The molecule has 3 nitrogen and oxygen atoms in total. The van der Waals surface area contributed by atoms with E-state index in [1.165, 1.54) is 19.1 Å². The Morgan fingerprint density at radius 3 is 2.21 bits per heavy atom. The van der Waals surface area contributed by atoms with Crippen molar-refractivity contribution < 1.29 is 13.6 Å². The number of benzene rings is 1. The lowest BCUT2D eigenvalue weighted by Crippen LogP contribution is -2.44. The van der Waals surface area contributed by atoms with Crippen LogP contribution in [-0.4, -0.2) is 14.1 Å². The molecule has 0 saturated heterocycles. The molecule has 1 aromatic rings. The van der Waals surface area contributed by atoms with Gasteiger partial charge in [-0.25, -0.2) is 4.39 Å². The molecule has 106 valence electrons. The number of nitrogen functional groups attached to an aromatic ring is 1. The summed E-state index contributed by atoms with van der Waals surface area (Å²) < 4.78 is 19.9. The summed E-state index contributed by atoms with van der Waals surface area (Å²) in [6.07, 6.45) is 0. The summed E-state index contributed by atoms with van der Waals surface area (Å²) in [5.74, 6) is -0.726. The van der Waals surface area contributed by atoms with Gasteiger partial charge in [0.25, 0.3) is 8.32 Å². The standard InChI is InChI=1S/C14H22FNO2Si/c1-9(17)10-7-11(15)13(12(16)8-10)18-19(5,6)14(2,3)4/h7-8H,16H2,1-6H3. The highest BCUT2D eigenvalue weighted by molar-refractivity contribution is 6.74. The third kappa shape index (κ3) is 3.35. The van der Waals surface area contributed by atoms with E-state index in [1.807, 2.05) is 13.1 Å². The van der Waals surface area contributed by atoms with Crippen molar-refractivity contribution >= 4 is 19.8 Å². The lowest BCUT2D eigenvalue weighted by atomic mass is 10.1. The molecule has 0 fully saturated rings. The molecule has 0 unspecified atom stereocenters. The van der Waals surface area contributed by atoms with Gasteiger partial charge in [-0.3, -0.25) is 4.79 Å². The SMILES string of the molecule is CC(=O)c1cc(N)c(O[Si](C)(C)C(C)(C)C)c(F)c1. The molecule has 1 rings (SSSR count). The maximum Gasteiger partial charge on any atom is 0.250 e. The molecule has 2 N–H and O–H groups in total. The normalized spacial score (nSPS) is 12.4. The van der Waals surface area contributed by atoms with Crippen molar-refractivity contribution in [3.8, 4) is 5.75 Å². The minimum absolute atomic E-state index is 0.0505. The van der Waals surface area contributed by atoms with Crippen molar-refractivity contribution in [3.05, 3.63) is 23.5 Å². The average molecular weight is 283 g/mol. The van der Waals surface area contributed by atoms with Crippen LogP contribution in [0.4, 0.5) is 10.1 Å². The zero-order valence-corrected chi connectivity index (χ0v) is 13.4. The Balaban J connectivity index is 3.20. The molecule has 0 heterocycles. The Labute approximate surface area is 115 Å². The first-order valence-electron chi connectivity index (χ1n) is 6.24. The quantitative estimate of drug-likeness (QED) is 0.518. The van der Waals surface area contributed by atoms with Crippen LogP contribution in [0.2, 0.25) is 18.1 Å². The summed E-state index contributed by atoms with van der Waals surface area (Å²) in [5.41, 5.74) is 6.25. The number of carbonyl (C=O) groups excluding carboxylic acids is 1. The Kier molecular flexibility index (Phi) is 4.10. The van der Waals surface area contributed by atoms with E-state index in [0.717, 1.165) is 0 Å². The third-order valence-electron chi connectivity index (χ3n) is 3.64. The Hall–Kier alpha value is -1.36. The second kappa shape index (κ2) is 4.96. The Morgan fingerprint density at radius 1 is 1.32 bits per heavy atom. The van der Waals surface area contributed by atoms with E-state index in [9.17, 15) is 9.18 Å². The van der Waals surface area contributed by atoms with Crippen molar-refractivity contribution in [2.24, 2.45) is 0 Å². The summed E-state index contributed by atoms with van der Waals surface area (Å²) in [6.45, 7) is 11.6. The topological polar surface area (TPSA) is 52.3 Å². The third-order valence-corrected chi connectivity index (χ3v) is 7.97. The van der Waals surface area contributed by atoms with Gasteiger partial charge < -0.3 is 10.2 Å². The number of anilines is 1. The van der Waals surface area contributed by atoms with Crippen LogP contribution in [0.25, 0.3) is 0 Å². The largest absolute Gasteiger partial charge is 0.540 e. The second-order valence-corrected chi connectivity index (χ2v) is 11.0. The molecule has 19 heavy (non-hydrogen) atoms. The van der Waals surface area contributed by atoms with Gasteiger partial charge in [0, 0.05) is 5.56 Å². The van der Waals surface area contributed by atoms with E-state index in [2.05, 4.69) is 20.8 Å². The predicted octanol–water partition coefficient (Wildman–Crippen LogP) is 3.99. The van der Waals surface area contributed by atoms with Crippen LogP contribution in [0.1, 0.15) is 38.1 Å². The van der Waals surface area contributed by atoms with E-state index in [-0.39, 0.29) is 27.8 Å². The first-order chi connectivity index (χ1) is 8.45. The van der Waals surface area contributed by atoms with Crippen molar-refractivity contribution in [2.45, 2.75) is 45.8 Å². The molecule has 0 amide bonds. The predicted molar refractivity (Wildman–Crippen MR) is 78.6 cm³/mol. The lowest BCUT2D eigenvalue weighted by Gasteiger charge is -2.36. The van der Waals surface area contributed by atoms with E-state index in [0.29, 0.717) is 0 Å². The maximum atomic E-state index is 14.1. The van der Waals surface area contributed by atoms with Gasteiger partial charge in [-0.2, -0.15) is 0 Å². The van der Waals surface area contributed by atoms with Crippen molar-refractivity contribution in [1.29, 1.82) is 0 Å². The highest BCUT2D eigenvalue weighted by Crippen LogP contribution is 2.39. The smallest absolute Gasteiger partial charge is 0.250 e. The summed E-state index contributed by atoms with van der Waals surface area (Å²) >= 11 is 0. The summed E-state index contributed by atoms with van der Waals surface area (Å²) in [7, 11) is -2.16. The van der Waals surface area contributed by atoms with Crippen LogP contribution in [0, 0.1) is 5.82 Å². The molecule has 0 spiro atoms. The molecular weight excluding hydrogens is 261 g/mol. The summed E-state index contributed by atoms with van der Waals surface area (Å²) in [4.78, 5) is 11.3. The van der Waals surface area contributed by atoms with Crippen LogP contribution >= 0.6 is 0 Å². The fourth-order valence-electron chi connectivity index (χ4n) is 1.33. The molecular formula is C14H22FNO2Si. The minimum Gasteiger partial charge on any atom is -0.540 e. The van der Waals surface area contributed by atoms with Crippen LogP contribution in [0.15, 0.2) is 12.1 Å². The van der Waals surface area contributed by atoms with Crippen LogP contribution in [0.5, 0.6) is 5.75 Å². The van der Waals surface area contributed by atoms with Crippen molar-refractivity contribution in [1.82, 2.24) is 0 Å². The minimum atomic E-state index is -2.16. The number of hydrogen-bond acceptors (Lipinski definition) is 3. The monoisotopic (exact) mass is 283 g/mol. The fraction of sp³-hybridized carbons (Fsp3) is 0.500. The molecule has 0 aromatic heterocycles. The Bertz CT molecular complexity index is 484. The molecule has 5 heteroatoms. The first-order valence-corrected chi connectivity index (χ1v) is 9.15. The van der Waals surface area contributed by atoms with Gasteiger partial charge in [0.1, 0.15) is 0 Å². The van der Waals surface area contributed by atoms with E-state index >= 15 is 0 Å². The van der Waals surface area contributed by atoms with Gasteiger partial charge in [-0.15, -0.1) is 0 Å². The maximum absolute atomic E-state index is 14.1. The number of carbonyl (C=O) groups is 1. The van der Waals surface area contributed by atoms with Crippen LogP contribution in [-0.2, 0) is 0 Å². The van der Waals surface area contributed by atoms with Gasteiger partial charge >= 0.3 is 0 Å². The lowest BCUT2D eigenvalue weighted by molar-refractivity contribution is 0.101. The number of rotatable bonds is 3. The number of Topliss-reactive ketones (excluding diaryl/α,β-unsaturated/α-hetero) is 1. The fourth-order valence-corrected chi connectivity index (χ4v) is 2.37. The molecule has 0 aliphatic rings. The average Bonchev–Trinajstić information content (AvgIpc) is 2.21. The Morgan fingerprint density at radius 2 is 1.84 bits per heavy atom. The van der Waals surface area contributed by atoms with Crippen LogP contribution in [0.3, 0.4) is 0 Å². The van der Waals surface area contributed by atoms with Gasteiger partial charge in [0.05, 0.1) is 5.69 Å². The van der Waals surface area contributed by atoms with Crippen LogP contribution < -0.4 is 10.2 Å². The van der Waals surface area contributed by atoms with E-state index in [1.54, 1.807) is 0 Å². The molecule has 0 atom stereocenters. The number of nitrogens with two attached hydrogens (primary N) is 1. The molecule has 0 radical (unpaired) electrons. The van der Waals surface area contributed by atoms with E-state index in [4.69, 9.17) is 10.2 Å². The summed E-state index contributed by atoms with van der Waals surface area (Å²) in [6, 6.07) is 2.65. The first kappa shape index (κ1) is 15.7. The number of halogens is 1. The van der Waals surface area contributed by atoms with Crippen molar-refractivity contribution in [2.75, 3.05) is 5.73 Å². The zero-order valence-electron chi connectivity index (χ0n) is 12.4. The van der Waals surface area contributed by atoms with Gasteiger partial charge in [0.15, 0.2) is 17.3 Å². The highest BCUT2D eigenvalue weighted by atomic mass is 28.4. The highest BCUT2D eigenvalue weighted by Gasteiger charge is 2.40. The number of hydrogen-bond donors (Lipinski definition) is 1. The van der Waals surface area contributed by atoms with Gasteiger partial charge in [0.2, 0.25) is 0 Å². The zero-order chi connectivity index (χ0) is 15.0. The molecule has 0 aliphatic carbocycles.